The van der Waals surface area contributed by atoms with Crippen molar-refractivity contribution in [1.29, 1.82) is 0 Å². The molecule has 1 fully saturated rings. The molecule has 0 bridgehead atoms. The van der Waals surface area contributed by atoms with Gasteiger partial charge in [-0.25, -0.2) is 0 Å². The van der Waals surface area contributed by atoms with Gasteiger partial charge in [-0.05, 0) is 48.7 Å². The zero-order chi connectivity index (χ0) is 25.1. The molecular formula is C24H24F3N5O2S. The quantitative estimate of drug-likeness (QED) is 0.349. The summed E-state index contributed by atoms with van der Waals surface area (Å²) >= 11 is 1.14. The van der Waals surface area contributed by atoms with E-state index in [1.165, 1.54) is 12.1 Å². The number of amides is 1. The molecule has 7 nitrogen and oxygen atoms in total. The summed E-state index contributed by atoms with van der Waals surface area (Å²) in [5, 5.41) is 6.75. The number of hydrogen-bond acceptors (Lipinski definition) is 7. The van der Waals surface area contributed by atoms with Gasteiger partial charge in [0.2, 0.25) is 0 Å². The number of alkyl halides is 3. The highest BCUT2D eigenvalue weighted by Gasteiger charge is 2.49. The number of piperidine rings is 1. The van der Waals surface area contributed by atoms with Gasteiger partial charge in [-0.1, -0.05) is 18.2 Å². The fraction of sp³-hybridized carbons (Fsp3) is 0.333. The highest BCUT2D eigenvalue weighted by molar-refractivity contribution is 7.21. The van der Waals surface area contributed by atoms with Gasteiger partial charge >= 0.3 is 6.18 Å². The van der Waals surface area contributed by atoms with Crippen molar-refractivity contribution in [2.75, 3.05) is 18.8 Å². The fourth-order valence-electron chi connectivity index (χ4n) is 5.00. The van der Waals surface area contributed by atoms with Crippen molar-refractivity contribution in [2.45, 2.75) is 36.6 Å². The number of ketones is 1. The third-order valence-electron chi connectivity index (χ3n) is 6.82. The Morgan fingerprint density at radius 2 is 1.89 bits per heavy atom. The number of anilines is 1. The fourth-order valence-corrected chi connectivity index (χ4v) is 6.20. The molecule has 8 N–H and O–H groups in total. The molecule has 2 aromatic carbocycles. The SMILES string of the molecule is Nc1ccc2c3c(c(C(=O)NC4CCCNC4)sc13)C(N)C(=O)C2(N)c1ccc(C(F)(F)F)cc1. The number of nitrogen functional groups attached to an aromatic ring is 1. The van der Waals surface area contributed by atoms with Crippen LogP contribution < -0.4 is 27.8 Å². The van der Waals surface area contributed by atoms with Crippen LogP contribution in [0.3, 0.4) is 0 Å². The van der Waals surface area contributed by atoms with Crippen molar-refractivity contribution in [3.05, 3.63) is 63.5 Å². The molecule has 184 valence electrons. The highest BCUT2D eigenvalue weighted by Crippen LogP contribution is 2.49. The van der Waals surface area contributed by atoms with Crippen molar-refractivity contribution in [2.24, 2.45) is 11.5 Å². The van der Waals surface area contributed by atoms with Gasteiger partial charge in [-0.2, -0.15) is 13.2 Å². The molecular weight excluding hydrogens is 479 g/mol. The minimum atomic E-state index is -4.53. The van der Waals surface area contributed by atoms with Crippen LogP contribution in [0.2, 0.25) is 0 Å². The van der Waals surface area contributed by atoms with Crippen LogP contribution in [-0.4, -0.2) is 30.8 Å². The molecule has 1 aliphatic heterocycles. The highest BCUT2D eigenvalue weighted by atomic mass is 32.1. The number of halogens is 3. The Morgan fingerprint density at radius 1 is 1.17 bits per heavy atom. The Kier molecular flexibility index (Phi) is 5.63. The lowest BCUT2D eigenvalue weighted by atomic mass is 9.70. The predicted molar refractivity (Wildman–Crippen MR) is 128 cm³/mol. The molecule has 3 aromatic rings. The van der Waals surface area contributed by atoms with E-state index in [0.717, 1.165) is 42.9 Å². The summed E-state index contributed by atoms with van der Waals surface area (Å²) in [5.41, 5.74) is 17.9. The van der Waals surface area contributed by atoms with E-state index < -0.39 is 29.1 Å². The zero-order valence-corrected chi connectivity index (χ0v) is 19.4. The molecule has 11 heteroatoms. The van der Waals surface area contributed by atoms with Crippen LogP contribution in [0.25, 0.3) is 10.1 Å². The first-order valence-corrected chi connectivity index (χ1v) is 12.0. The molecule has 2 aliphatic rings. The van der Waals surface area contributed by atoms with Crippen molar-refractivity contribution in [1.82, 2.24) is 10.6 Å². The van der Waals surface area contributed by atoms with Gasteiger partial charge in [-0.3, -0.25) is 9.59 Å². The van der Waals surface area contributed by atoms with E-state index in [4.69, 9.17) is 17.2 Å². The number of hydrogen-bond donors (Lipinski definition) is 5. The molecule has 1 saturated heterocycles. The zero-order valence-electron chi connectivity index (χ0n) is 18.5. The van der Waals surface area contributed by atoms with Crippen molar-refractivity contribution in [3.63, 3.8) is 0 Å². The minimum Gasteiger partial charge on any atom is -0.398 e. The third kappa shape index (κ3) is 3.70. The van der Waals surface area contributed by atoms with Gasteiger partial charge in [0.1, 0.15) is 5.54 Å². The van der Waals surface area contributed by atoms with Crippen LogP contribution in [0.4, 0.5) is 18.9 Å². The number of carbonyl (C=O) groups excluding carboxylic acids is 2. The molecule has 35 heavy (non-hydrogen) atoms. The minimum absolute atomic E-state index is 0.0539. The summed E-state index contributed by atoms with van der Waals surface area (Å²) < 4.78 is 39.9. The number of benzene rings is 2. The number of Topliss-reactive ketones (excluding diaryl/α,β-unsaturated/α-hetero) is 1. The van der Waals surface area contributed by atoms with Gasteiger partial charge in [-0.15, -0.1) is 11.3 Å². The first-order chi connectivity index (χ1) is 16.5. The molecule has 0 saturated carbocycles. The molecule has 1 amide bonds. The lowest BCUT2D eigenvalue weighted by Gasteiger charge is -2.36. The van der Waals surface area contributed by atoms with Crippen molar-refractivity contribution in [3.8, 4) is 0 Å². The number of thiophene rings is 1. The van der Waals surface area contributed by atoms with Gasteiger partial charge in [0.25, 0.3) is 5.91 Å². The topological polar surface area (TPSA) is 136 Å². The monoisotopic (exact) mass is 503 g/mol. The lowest BCUT2D eigenvalue weighted by molar-refractivity contribution is -0.137. The third-order valence-corrected chi connectivity index (χ3v) is 8.07. The Hall–Kier alpha value is -2.99. The predicted octanol–water partition coefficient (Wildman–Crippen LogP) is 2.77. The Balaban J connectivity index is 1.65. The normalized spacial score (nSPS) is 24.5. The van der Waals surface area contributed by atoms with E-state index in [0.29, 0.717) is 38.3 Å². The molecule has 3 atom stereocenters. The number of rotatable bonds is 3. The van der Waals surface area contributed by atoms with Crippen molar-refractivity contribution >= 4 is 38.8 Å². The summed E-state index contributed by atoms with van der Waals surface area (Å²) in [6.45, 7) is 1.53. The van der Waals surface area contributed by atoms with E-state index >= 15 is 0 Å². The summed E-state index contributed by atoms with van der Waals surface area (Å²) in [6.07, 6.45) is -2.77. The molecule has 2 heterocycles. The van der Waals surface area contributed by atoms with Crippen molar-refractivity contribution < 1.29 is 22.8 Å². The standard InChI is InChI=1S/C24H24F3N5O2S/c25-24(26,27)12-5-3-11(4-6-12)23(30)14-7-8-15(28)19-16(14)17(18(29)21(23)33)20(35-19)22(34)32-13-2-1-9-31-10-13/h3-8,13,18,31H,1-2,9-10,28-30H2,(H,32,34). The van der Waals surface area contributed by atoms with Gasteiger partial charge < -0.3 is 27.8 Å². The van der Waals surface area contributed by atoms with E-state index in [1.807, 2.05) is 0 Å². The van der Waals surface area contributed by atoms with Crippen LogP contribution in [-0.2, 0) is 16.5 Å². The Morgan fingerprint density at radius 3 is 2.51 bits per heavy atom. The summed E-state index contributed by atoms with van der Waals surface area (Å²) in [5.74, 6) is -0.954. The molecule has 1 aromatic heterocycles. The van der Waals surface area contributed by atoms with E-state index in [1.54, 1.807) is 12.1 Å². The maximum Gasteiger partial charge on any atom is 0.416 e. The molecule has 1 aliphatic carbocycles. The smallest absolute Gasteiger partial charge is 0.398 e. The lowest BCUT2D eigenvalue weighted by Crippen LogP contribution is -2.52. The Labute approximate surface area is 202 Å². The largest absolute Gasteiger partial charge is 0.416 e. The second-order valence-electron chi connectivity index (χ2n) is 8.99. The van der Waals surface area contributed by atoms with Crippen LogP contribution in [0.1, 0.15) is 50.8 Å². The van der Waals surface area contributed by atoms with Crippen LogP contribution in [0.5, 0.6) is 0 Å². The van der Waals surface area contributed by atoms with Gasteiger partial charge in [0.05, 0.1) is 21.2 Å². The van der Waals surface area contributed by atoms with E-state index in [2.05, 4.69) is 10.6 Å². The number of nitrogens with two attached hydrogens (primary N) is 3. The number of nitrogens with one attached hydrogen (secondary N) is 2. The summed E-state index contributed by atoms with van der Waals surface area (Å²) in [7, 11) is 0. The molecule has 0 radical (unpaired) electrons. The van der Waals surface area contributed by atoms with Crippen LogP contribution in [0.15, 0.2) is 36.4 Å². The molecule has 0 spiro atoms. The summed E-state index contributed by atoms with van der Waals surface area (Å²) in [4.78, 5) is 27.2. The Bertz CT molecular complexity index is 1330. The van der Waals surface area contributed by atoms with E-state index in [9.17, 15) is 22.8 Å². The molecule has 3 unspecified atom stereocenters. The second kappa shape index (κ2) is 8.30. The first-order valence-electron chi connectivity index (χ1n) is 11.2. The van der Waals surface area contributed by atoms with Gasteiger partial charge in [0.15, 0.2) is 5.78 Å². The van der Waals surface area contributed by atoms with E-state index in [-0.39, 0.29) is 17.5 Å². The number of carbonyl (C=O) groups is 2. The van der Waals surface area contributed by atoms with Gasteiger partial charge in [0, 0.05) is 29.2 Å². The average Bonchev–Trinajstić information content (AvgIpc) is 3.24. The molecule has 5 rings (SSSR count). The first kappa shape index (κ1) is 23.7. The maximum absolute atomic E-state index is 13.6. The maximum atomic E-state index is 13.6. The van der Waals surface area contributed by atoms with Crippen LogP contribution >= 0.6 is 11.3 Å². The van der Waals surface area contributed by atoms with Crippen LogP contribution in [0, 0.1) is 0 Å². The summed E-state index contributed by atoms with van der Waals surface area (Å²) in [6, 6.07) is 6.02. The second-order valence-corrected chi connectivity index (χ2v) is 10.0. The average molecular weight is 504 g/mol.